The molecule has 2 aromatic rings. The van der Waals surface area contributed by atoms with Gasteiger partial charge in [-0.05, 0) is 42.5 Å². The van der Waals surface area contributed by atoms with Crippen LogP contribution in [0.4, 0.5) is 11.4 Å². The lowest BCUT2D eigenvalue weighted by Crippen LogP contribution is -2.07. The molecule has 0 amide bonds. The number of nitrogens with one attached hydrogen (secondary N) is 1. The average Bonchev–Trinajstić information content (AvgIpc) is 2.54. The molecule has 3 N–H and O–H groups in total. The van der Waals surface area contributed by atoms with E-state index in [4.69, 9.17) is 4.55 Å². The summed E-state index contributed by atoms with van der Waals surface area (Å²) in [6, 6.07) is 10.4. The number of carbonyl (C=O) groups is 1. The van der Waals surface area contributed by atoms with E-state index in [1.807, 2.05) is 0 Å². The van der Waals surface area contributed by atoms with Crippen molar-refractivity contribution in [2.24, 2.45) is 0 Å². The molecule has 2 rings (SSSR count). The van der Waals surface area contributed by atoms with Crippen LogP contribution in [-0.4, -0.2) is 30.6 Å². The Morgan fingerprint density at radius 2 is 1.61 bits per heavy atom. The lowest BCUT2D eigenvalue weighted by atomic mass is 10.2. The highest BCUT2D eigenvalue weighted by atomic mass is 32.2. The van der Waals surface area contributed by atoms with Crippen molar-refractivity contribution in [2.75, 3.05) is 12.4 Å². The van der Waals surface area contributed by atoms with Crippen LogP contribution in [0.25, 0.3) is 0 Å². The van der Waals surface area contributed by atoms with E-state index >= 15 is 0 Å². The Morgan fingerprint density at radius 3 is 2.13 bits per heavy atom. The summed E-state index contributed by atoms with van der Waals surface area (Å²) >= 11 is -4.37. The monoisotopic (exact) mass is 355 g/mol. The van der Waals surface area contributed by atoms with Gasteiger partial charge in [0, 0.05) is 11.4 Å². The summed E-state index contributed by atoms with van der Waals surface area (Å²) in [5.41, 5.74) is 1.09. The van der Waals surface area contributed by atoms with Crippen molar-refractivity contribution in [3.05, 3.63) is 48.0 Å². The minimum absolute atomic E-state index is 0.0218. The summed E-state index contributed by atoms with van der Waals surface area (Å²) in [5, 5.41) is 2.99. The van der Waals surface area contributed by atoms with Crippen LogP contribution in [0, 0.1) is 0 Å². The Hall–Kier alpha value is -2.07. The fourth-order valence-corrected chi connectivity index (χ4v) is 2.73. The van der Waals surface area contributed by atoms with Gasteiger partial charge in [-0.1, -0.05) is 0 Å². The van der Waals surface area contributed by atoms with Crippen molar-refractivity contribution in [1.29, 1.82) is 0 Å². The van der Waals surface area contributed by atoms with Crippen molar-refractivity contribution in [1.82, 2.24) is 0 Å². The molecule has 7 nitrogen and oxygen atoms in total. The highest BCUT2D eigenvalue weighted by Crippen LogP contribution is 2.23. The molecule has 0 aliphatic carbocycles. The van der Waals surface area contributed by atoms with Crippen molar-refractivity contribution < 1.29 is 27.1 Å². The zero-order valence-electron chi connectivity index (χ0n) is 11.9. The van der Waals surface area contributed by atoms with Gasteiger partial charge in [0.1, 0.15) is 0 Å². The molecule has 23 heavy (non-hydrogen) atoms. The summed E-state index contributed by atoms with van der Waals surface area (Å²) in [5.74, 6) is -0.725. The van der Waals surface area contributed by atoms with Gasteiger partial charge in [-0.25, -0.2) is 13.2 Å². The molecule has 2 aromatic carbocycles. The predicted molar refractivity (Wildman–Crippen MR) is 85.6 cm³/mol. The topological polar surface area (TPSA) is 113 Å². The zero-order valence-corrected chi connectivity index (χ0v) is 13.5. The van der Waals surface area contributed by atoms with Crippen LogP contribution in [0.15, 0.2) is 52.3 Å². The Kier molecular flexibility index (Phi) is 5.61. The molecule has 0 aliphatic rings. The highest BCUT2D eigenvalue weighted by Gasteiger charge is 2.16. The van der Waals surface area contributed by atoms with Crippen LogP contribution in [0.2, 0.25) is 0 Å². The van der Waals surface area contributed by atoms with E-state index in [2.05, 4.69) is 10.1 Å². The van der Waals surface area contributed by atoms with Crippen molar-refractivity contribution in [3.63, 3.8) is 0 Å². The first-order valence-electron chi connectivity index (χ1n) is 6.23. The SMILES string of the molecule is COC(=O)c1cc(Nc2ccc(S(=O)O)cc2)ccc1S(=O)O. The Labute approximate surface area is 137 Å². The fourth-order valence-electron chi connectivity index (χ4n) is 1.85. The van der Waals surface area contributed by atoms with Crippen LogP contribution in [-0.2, 0) is 26.9 Å². The third kappa shape index (κ3) is 4.23. The van der Waals surface area contributed by atoms with E-state index in [1.165, 1.54) is 37.4 Å². The number of rotatable bonds is 5. The second-order valence-electron chi connectivity index (χ2n) is 4.35. The molecule has 0 aromatic heterocycles. The first kappa shape index (κ1) is 17.3. The number of ether oxygens (including phenoxy) is 1. The van der Waals surface area contributed by atoms with Gasteiger partial charge in [-0.15, -0.1) is 0 Å². The largest absolute Gasteiger partial charge is 0.465 e. The third-order valence-corrected chi connectivity index (χ3v) is 4.33. The van der Waals surface area contributed by atoms with Gasteiger partial charge >= 0.3 is 5.97 Å². The summed E-state index contributed by atoms with van der Waals surface area (Å²) in [6.45, 7) is 0. The van der Waals surface area contributed by atoms with Gasteiger partial charge in [0.2, 0.25) is 0 Å². The molecule has 0 aliphatic heterocycles. The Bertz CT molecular complexity index is 775. The van der Waals surface area contributed by atoms with Gasteiger partial charge in [0.15, 0.2) is 22.2 Å². The highest BCUT2D eigenvalue weighted by molar-refractivity contribution is 7.79. The van der Waals surface area contributed by atoms with E-state index in [-0.39, 0.29) is 15.4 Å². The summed E-state index contributed by atoms with van der Waals surface area (Å²) in [7, 11) is 1.18. The maximum atomic E-state index is 11.7. The predicted octanol–water partition coefficient (Wildman–Crippen LogP) is 2.38. The molecular weight excluding hydrogens is 342 g/mol. The molecule has 0 spiro atoms. The summed E-state index contributed by atoms with van der Waals surface area (Å²) < 4.78 is 44.9. The van der Waals surface area contributed by atoms with Crippen molar-refractivity contribution in [3.8, 4) is 0 Å². The number of anilines is 2. The number of benzene rings is 2. The second-order valence-corrected chi connectivity index (χ2v) is 6.26. The standard InChI is InChI=1S/C14H13NO6S2/c1-21-14(16)12-8-10(4-7-13(12)23(19)20)15-9-2-5-11(6-3-9)22(17)18/h2-8,15H,1H3,(H,17,18)(H,19,20). The number of methoxy groups -OCH3 is 1. The average molecular weight is 355 g/mol. The fraction of sp³-hybridized carbons (Fsp3) is 0.0714. The molecule has 0 radical (unpaired) electrons. The Balaban J connectivity index is 2.31. The summed E-state index contributed by atoms with van der Waals surface area (Å²) in [6.07, 6.45) is 0. The minimum atomic E-state index is -2.32. The zero-order chi connectivity index (χ0) is 17.0. The van der Waals surface area contributed by atoms with Gasteiger partial charge in [-0.2, -0.15) is 0 Å². The van der Waals surface area contributed by atoms with Gasteiger partial charge in [-0.3, -0.25) is 0 Å². The third-order valence-electron chi connectivity index (χ3n) is 2.92. The maximum Gasteiger partial charge on any atom is 0.339 e. The molecule has 122 valence electrons. The van der Waals surface area contributed by atoms with Crippen LogP contribution in [0.3, 0.4) is 0 Å². The molecule has 0 heterocycles. The van der Waals surface area contributed by atoms with Gasteiger partial charge in [0.25, 0.3) is 0 Å². The Morgan fingerprint density at radius 1 is 1.00 bits per heavy atom. The van der Waals surface area contributed by atoms with E-state index < -0.39 is 28.1 Å². The summed E-state index contributed by atoms with van der Waals surface area (Å²) in [4.78, 5) is 11.9. The van der Waals surface area contributed by atoms with Gasteiger partial charge < -0.3 is 19.2 Å². The van der Waals surface area contributed by atoms with Crippen LogP contribution in [0.5, 0.6) is 0 Å². The molecule has 0 fully saturated rings. The minimum Gasteiger partial charge on any atom is -0.465 e. The lowest BCUT2D eigenvalue weighted by Gasteiger charge is -2.10. The lowest BCUT2D eigenvalue weighted by molar-refractivity contribution is 0.0596. The smallest absolute Gasteiger partial charge is 0.339 e. The van der Waals surface area contributed by atoms with Crippen LogP contribution < -0.4 is 5.32 Å². The number of hydrogen-bond donors (Lipinski definition) is 3. The van der Waals surface area contributed by atoms with Crippen LogP contribution >= 0.6 is 0 Å². The van der Waals surface area contributed by atoms with Crippen molar-refractivity contribution in [2.45, 2.75) is 9.79 Å². The quantitative estimate of drug-likeness (QED) is 0.557. The van der Waals surface area contributed by atoms with E-state index in [1.54, 1.807) is 12.1 Å². The normalized spacial score (nSPS) is 13.2. The molecule has 9 heteroatoms. The number of hydrogen-bond acceptors (Lipinski definition) is 5. The first-order chi connectivity index (χ1) is 10.9. The second kappa shape index (κ2) is 7.47. The molecular formula is C14H13NO6S2. The number of esters is 1. The van der Waals surface area contributed by atoms with Crippen LogP contribution in [0.1, 0.15) is 10.4 Å². The molecule has 0 saturated carbocycles. The van der Waals surface area contributed by atoms with E-state index in [0.29, 0.717) is 11.4 Å². The van der Waals surface area contributed by atoms with Gasteiger partial charge in [0.05, 0.1) is 22.5 Å². The molecule has 0 bridgehead atoms. The van der Waals surface area contributed by atoms with E-state index in [9.17, 15) is 17.8 Å². The molecule has 2 atom stereocenters. The maximum absolute atomic E-state index is 11.7. The number of carbonyl (C=O) groups excluding carboxylic acids is 1. The molecule has 2 unspecified atom stereocenters. The van der Waals surface area contributed by atoms with Crippen molar-refractivity contribution >= 4 is 39.5 Å². The first-order valence-corrected chi connectivity index (χ1v) is 8.45. The molecule has 0 saturated heterocycles. The van der Waals surface area contributed by atoms with E-state index in [0.717, 1.165) is 0 Å².